The topological polar surface area (TPSA) is 60.8 Å². The fourth-order valence-corrected chi connectivity index (χ4v) is 2.92. The van der Waals surface area contributed by atoms with E-state index in [1.54, 1.807) is 24.1 Å². The Kier molecular flexibility index (Phi) is 3.55. The molecular weight excluding hydrogens is 266 g/mol. The van der Waals surface area contributed by atoms with E-state index < -0.39 is 0 Å². The molecule has 0 atom stereocenters. The Morgan fingerprint density at radius 2 is 1.86 bits per heavy atom. The quantitative estimate of drug-likeness (QED) is 0.910. The number of amides is 1. The molecule has 1 aliphatic rings. The monoisotopic (exact) mass is 285 g/mol. The van der Waals surface area contributed by atoms with E-state index in [-0.39, 0.29) is 17.8 Å². The number of aromatic hydroxyl groups is 1. The van der Waals surface area contributed by atoms with E-state index in [1.165, 1.54) is 0 Å². The Balaban J connectivity index is 1.81. The lowest BCUT2D eigenvalue weighted by Gasteiger charge is -2.34. The summed E-state index contributed by atoms with van der Waals surface area (Å²) in [6.45, 7) is 0.613. The van der Waals surface area contributed by atoms with Crippen LogP contribution in [0.25, 0.3) is 10.8 Å². The Morgan fingerprint density at radius 3 is 2.48 bits per heavy atom. The van der Waals surface area contributed by atoms with Crippen LogP contribution in [-0.2, 0) is 0 Å². The molecule has 0 unspecified atom stereocenters. The molecule has 2 aromatic carbocycles. The van der Waals surface area contributed by atoms with Crippen LogP contribution in [0.4, 0.5) is 0 Å². The summed E-state index contributed by atoms with van der Waals surface area (Å²) in [5, 5.41) is 21.2. The molecule has 0 saturated heterocycles. The van der Waals surface area contributed by atoms with Crippen molar-refractivity contribution in [1.82, 2.24) is 4.90 Å². The summed E-state index contributed by atoms with van der Waals surface area (Å²) >= 11 is 0. The number of phenolic OH excluding ortho intramolecular Hbond substituents is 1. The van der Waals surface area contributed by atoms with Crippen LogP contribution in [0.3, 0.4) is 0 Å². The maximum absolute atomic E-state index is 12.5. The average molecular weight is 285 g/mol. The minimum Gasteiger partial charge on any atom is -0.507 e. The Labute approximate surface area is 123 Å². The molecule has 0 aromatic heterocycles. The van der Waals surface area contributed by atoms with Crippen molar-refractivity contribution >= 4 is 16.7 Å². The summed E-state index contributed by atoms with van der Waals surface area (Å²) in [5.41, 5.74) is 0.330. The number of phenols is 1. The maximum Gasteiger partial charge on any atom is 0.257 e. The van der Waals surface area contributed by atoms with Crippen molar-refractivity contribution in [3.05, 3.63) is 42.0 Å². The maximum atomic E-state index is 12.5. The zero-order valence-electron chi connectivity index (χ0n) is 12.0. The molecule has 1 amide bonds. The first kappa shape index (κ1) is 13.9. The molecule has 2 aromatic rings. The lowest BCUT2D eigenvalue weighted by atomic mass is 9.82. The molecule has 4 nitrogen and oxygen atoms in total. The average Bonchev–Trinajstić information content (AvgIpc) is 2.44. The van der Waals surface area contributed by atoms with E-state index in [2.05, 4.69) is 0 Å². The zero-order valence-corrected chi connectivity index (χ0v) is 12.0. The fraction of sp³-hybridized carbons (Fsp3) is 0.353. The Bertz CT molecular complexity index is 677. The first-order valence-electron chi connectivity index (χ1n) is 7.20. The van der Waals surface area contributed by atoms with Gasteiger partial charge in [-0.25, -0.2) is 0 Å². The smallest absolute Gasteiger partial charge is 0.257 e. The first-order valence-corrected chi connectivity index (χ1v) is 7.20. The third kappa shape index (κ3) is 2.72. The lowest BCUT2D eigenvalue weighted by Crippen LogP contribution is -2.39. The summed E-state index contributed by atoms with van der Waals surface area (Å²) in [4.78, 5) is 14.1. The number of hydrogen-bond acceptors (Lipinski definition) is 3. The van der Waals surface area contributed by atoms with E-state index in [9.17, 15) is 15.0 Å². The summed E-state index contributed by atoms with van der Waals surface area (Å²) in [6, 6.07) is 11.0. The number of hydrogen-bond donors (Lipinski definition) is 2. The fourth-order valence-electron chi connectivity index (χ4n) is 2.92. The lowest BCUT2D eigenvalue weighted by molar-refractivity contribution is 0.0264. The minimum atomic E-state index is -0.215. The van der Waals surface area contributed by atoms with E-state index in [0.29, 0.717) is 18.0 Å². The number of carbonyl (C=O) groups excluding carboxylic acids is 1. The van der Waals surface area contributed by atoms with Gasteiger partial charge in [0.05, 0.1) is 11.7 Å². The normalized spacial score (nSPS) is 21.0. The molecule has 110 valence electrons. The zero-order chi connectivity index (χ0) is 15.0. The van der Waals surface area contributed by atoms with Gasteiger partial charge in [0.15, 0.2) is 0 Å². The van der Waals surface area contributed by atoms with Crippen LogP contribution in [0.15, 0.2) is 36.4 Å². The summed E-state index contributed by atoms with van der Waals surface area (Å²) in [6.07, 6.45) is 1.29. The molecule has 1 aliphatic carbocycles. The Morgan fingerprint density at radius 1 is 1.24 bits per heavy atom. The number of rotatable bonds is 3. The molecule has 0 aliphatic heterocycles. The van der Waals surface area contributed by atoms with Crippen LogP contribution in [0.5, 0.6) is 5.75 Å². The predicted octanol–water partition coefficient (Wildman–Crippen LogP) is 2.39. The van der Waals surface area contributed by atoms with Crippen molar-refractivity contribution in [3.63, 3.8) is 0 Å². The van der Waals surface area contributed by atoms with Gasteiger partial charge < -0.3 is 15.1 Å². The van der Waals surface area contributed by atoms with Crippen LogP contribution in [0, 0.1) is 5.92 Å². The van der Waals surface area contributed by atoms with Gasteiger partial charge in [0.2, 0.25) is 0 Å². The molecule has 4 heteroatoms. The highest BCUT2D eigenvalue weighted by molar-refractivity contribution is 6.01. The molecule has 2 N–H and O–H groups in total. The number of aliphatic hydroxyl groups excluding tert-OH is 1. The van der Waals surface area contributed by atoms with Crippen molar-refractivity contribution < 1.29 is 15.0 Å². The number of nitrogens with zero attached hydrogens (tertiary/aromatic N) is 1. The van der Waals surface area contributed by atoms with Crippen molar-refractivity contribution in [1.29, 1.82) is 0 Å². The van der Waals surface area contributed by atoms with Crippen LogP contribution in [0.2, 0.25) is 0 Å². The van der Waals surface area contributed by atoms with E-state index in [0.717, 1.165) is 23.6 Å². The molecule has 0 radical (unpaired) electrons. The van der Waals surface area contributed by atoms with Gasteiger partial charge in [0.25, 0.3) is 5.91 Å². The third-order valence-electron chi connectivity index (χ3n) is 4.18. The number of benzene rings is 2. The third-order valence-corrected chi connectivity index (χ3v) is 4.18. The van der Waals surface area contributed by atoms with Gasteiger partial charge in [-0.3, -0.25) is 4.79 Å². The summed E-state index contributed by atoms with van der Waals surface area (Å²) in [7, 11) is 1.74. The largest absolute Gasteiger partial charge is 0.507 e. The van der Waals surface area contributed by atoms with Gasteiger partial charge in [0.1, 0.15) is 5.75 Å². The first-order chi connectivity index (χ1) is 10.0. The molecule has 21 heavy (non-hydrogen) atoms. The predicted molar refractivity (Wildman–Crippen MR) is 81.3 cm³/mol. The highest BCUT2D eigenvalue weighted by Gasteiger charge is 2.29. The van der Waals surface area contributed by atoms with Gasteiger partial charge in [-0.1, -0.05) is 24.3 Å². The van der Waals surface area contributed by atoms with E-state index in [4.69, 9.17) is 0 Å². The molecule has 1 fully saturated rings. The SMILES string of the molecule is CN(CC1CC(O)C1)C(=O)c1cc2ccccc2cc1O. The number of carbonyl (C=O) groups is 1. The number of fused-ring (bicyclic) bond motifs is 1. The number of aliphatic hydroxyl groups is 1. The van der Waals surface area contributed by atoms with Gasteiger partial charge >= 0.3 is 0 Å². The molecule has 0 heterocycles. The van der Waals surface area contributed by atoms with Crippen molar-refractivity contribution in [2.45, 2.75) is 18.9 Å². The minimum absolute atomic E-state index is 0.0131. The van der Waals surface area contributed by atoms with Crippen molar-refractivity contribution in [3.8, 4) is 5.75 Å². The Hall–Kier alpha value is -2.07. The van der Waals surface area contributed by atoms with Gasteiger partial charge in [-0.15, -0.1) is 0 Å². The van der Waals surface area contributed by atoms with Crippen molar-refractivity contribution in [2.75, 3.05) is 13.6 Å². The van der Waals surface area contributed by atoms with Gasteiger partial charge in [-0.05, 0) is 41.7 Å². The second-order valence-corrected chi connectivity index (χ2v) is 5.89. The highest BCUT2D eigenvalue weighted by atomic mass is 16.3. The van der Waals surface area contributed by atoms with Gasteiger partial charge in [0, 0.05) is 13.6 Å². The van der Waals surface area contributed by atoms with E-state index in [1.807, 2.05) is 24.3 Å². The standard InChI is InChI=1S/C17H19NO3/c1-18(10-11-6-14(19)7-11)17(21)15-8-12-4-2-3-5-13(12)9-16(15)20/h2-5,8-9,11,14,19-20H,6-7,10H2,1H3. The van der Waals surface area contributed by atoms with Crippen molar-refractivity contribution in [2.24, 2.45) is 5.92 Å². The van der Waals surface area contributed by atoms with E-state index >= 15 is 0 Å². The molecular formula is C17H19NO3. The highest BCUT2D eigenvalue weighted by Crippen LogP contribution is 2.29. The van der Waals surface area contributed by atoms with Crippen LogP contribution in [-0.4, -0.2) is 40.7 Å². The summed E-state index contributed by atoms with van der Waals surface area (Å²) in [5.74, 6) is 0.190. The van der Waals surface area contributed by atoms with Crippen LogP contribution >= 0.6 is 0 Å². The molecule has 3 rings (SSSR count). The second kappa shape index (κ2) is 5.37. The van der Waals surface area contributed by atoms with Gasteiger partial charge in [-0.2, -0.15) is 0 Å². The second-order valence-electron chi connectivity index (χ2n) is 5.89. The molecule has 0 spiro atoms. The van der Waals surface area contributed by atoms with Crippen LogP contribution in [0.1, 0.15) is 23.2 Å². The van der Waals surface area contributed by atoms with Crippen LogP contribution < -0.4 is 0 Å². The summed E-state index contributed by atoms with van der Waals surface area (Å²) < 4.78 is 0. The molecule has 1 saturated carbocycles. The molecule has 0 bridgehead atoms.